The van der Waals surface area contributed by atoms with Gasteiger partial charge in [0, 0.05) is 24.4 Å². The molecule has 20 heavy (non-hydrogen) atoms. The van der Waals surface area contributed by atoms with Gasteiger partial charge in [0.2, 0.25) is 0 Å². The van der Waals surface area contributed by atoms with Gasteiger partial charge in [0.25, 0.3) is 0 Å². The third kappa shape index (κ3) is 4.18. The van der Waals surface area contributed by atoms with E-state index in [1.807, 2.05) is 41.2 Å². The maximum atomic E-state index is 8.73. The SMILES string of the molecule is CC(NCCCCCO)c1cnn(-c2ccccc2)c1. The molecular formula is C16H23N3O. The van der Waals surface area contributed by atoms with Crippen LogP contribution in [0.1, 0.15) is 37.8 Å². The summed E-state index contributed by atoms with van der Waals surface area (Å²) in [6.45, 7) is 3.41. The molecule has 0 aliphatic carbocycles. The molecule has 0 spiro atoms. The third-order valence-corrected chi connectivity index (χ3v) is 3.41. The zero-order valence-electron chi connectivity index (χ0n) is 12.0. The molecule has 1 aromatic heterocycles. The van der Waals surface area contributed by atoms with Crippen LogP contribution in [0.25, 0.3) is 5.69 Å². The minimum absolute atomic E-state index is 0.291. The molecule has 1 aromatic carbocycles. The quantitative estimate of drug-likeness (QED) is 0.727. The summed E-state index contributed by atoms with van der Waals surface area (Å²) in [6.07, 6.45) is 7.04. The lowest BCUT2D eigenvalue weighted by atomic mass is 10.2. The van der Waals surface area contributed by atoms with Crippen LogP contribution in [0.2, 0.25) is 0 Å². The molecule has 2 rings (SSSR count). The van der Waals surface area contributed by atoms with E-state index < -0.39 is 0 Å². The van der Waals surface area contributed by atoms with Gasteiger partial charge in [-0.15, -0.1) is 0 Å². The number of hydrogen-bond acceptors (Lipinski definition) is 3. The van der Waals surface area contributed by atoms with Crippen molar-refractivity contribution >= 4 is 0 Å². The maximum Gasteiger partial charge on any atom is 0.0645 e. The topological polar surface area (TPSA) is 50.1 Å². The maximum absolute atomic E-state index is 8.73. The van der Waals surface area contributed by atoms with Crippen molar-refractivity contribution in [3.63, 3.8) is 0 Å². The van der Waals surface area contributed by atoms with Crippen LogP contribution >= 0.6 is 0 Å². The molecule has 0 aliphatic heterocycles. The van der Waals surface area contributed by atoms with Crippen molar-refractivity contribution in [2.24, 2.45) is 0 Å². The Labute approximate surface area is 120 Å². The van der Waals surface area contributed by atoms with Crippen molar-refractivity contribution in [1.82, 2.24) is 15.1 Å². The number of aliphatic hydroxyl groups excluding tert-OH is 1. The lowest BCUT2D eigenvalue weighted by molar-refractivity contribution is 0.282. The molecule has 1 heterocycles. The highest BCUT2D eigenvalue weighted by Crippen LogP contribution is 2.14. The van der Waals surface area contributed by atoms with Crippen molar-refractivity contribution in [2.45, 2.75) is 32.2 Å². The standard InChI is InChI=1S/C16H23N3O/c1-14(17-10-6-3-7-11-20)15-12-18-19(13-15)16-8-4-2-5-9-16/h2,4-5,8-9,12-14,17,20H,3,6-7,10-11H2,1H3. The summed E-state index contributed by atoms with van der Waals surface area (Å²) < 4.78 is 1.90. The second-order valence-electron chi connectivity index (χ2n) is 5.01. The lowest BCUT2D eigenvalue weighted by Gasteiger charge is -2.11. The smallest absolute Gasteiger partial charge is 0.0645 e. The van der Waals surface area contributed by atoms with Crippen LogP contribution in [0.3, 0.4) is 0 Å². The molecule has 1 unspecified atom stereocenters. The molecule has 0 bridgehead atoms. The molecule has 0 fully saturated rings. The number of unbranched alkanes of at least 4 members (excludes halogenated alkanes) is 2. The zero-order chi connectivity index (χ0) is 14.2. The first kappa shape index (κ1) is 14.8. The highest BCUT2D eigenvalue weighted by atomic mass is 16.2. The molecule has 0 amide bonds. The van der Waals surface area contributed by atoms with E-state index in [1.165, 1.54) is 5.56 Å². The number of aliphatic hydroxyl groups is 1. The first-order valence-electron chi connectivity index (χ1n) is 7.25. The second kappa shape index (κ2) is 7.82. The predicted molar refractivity (Wildman–Crippen MR) is 80.9 cm³/mol. The summed E-state index contributed by atoms with van der Waals surface area (Å²) in [4.78, 5) is 0. The van der Waals surface area contributed by atoms with Gasteiger partial charge in [0.05, 0.1) is 11.9 Å². The minimum atomic E-state index is 0.291. The van der Waals surface area contributed by atoms with E-state index in [0.29, 0.717) is 12.6 Å². The number of aromatic nitrogens is 2. The van der Waals surface area contributed by atoms with Crippen LogP contribution in [0.15, 0.2) is 42.7 Å². The van der Waals surface area contributed by atoms with Gasteiger partial charge in [0.1, 0.15) is 0 Å². The van der Waals surface area contributed by atoms with E-state index in [-0.39, 0.29) is 0 Å². The van der Waals surface area contributed by atoms with Crippen molar-refractivity contribution in [3.05, 3.63) is 48.3 Å². The average Bonchev–Trinajstić information content (AvgIpc) is 2.98. The molecular weight excluding hydrogens is 250 g/mol. The fraction of sp³-hybridized carbons (Fsp3) is 0.438. The predicted octanol–water partition coefficient (Wildman–Crippen LogP) is 2.69. The molecule has 1 atom stereocenters. The number of hydrogen-bond donors (Lipinski definition) is 2. The molecule has 0 saturated heterocycles. The summed E-state index contributed by atoms with van der Waals surface area (Å²) in [5.74, 6) is 0. The highest BCUT2D eigenvalue weighted by Gasteiger charge is 2.07. The monoisotopic (exact) mass is 273 g/mol. The largest absolute Gasteiger partial charge is 0.396 e. The van der Waals surface area contributed by atoms with Gasteiger partial charge in [-0.25, -0.2) is 4.68 Å². The van der Waals surface area contributed by atoms with E-state index in [2.05, 4.69) is 23.5 Å². The molecule has 2 aromatic rings. The van der Waals surface area contributed by atoms with Crippen LogP contribution in [-0.4, -0.2) is 28.0 Å². The van der Waals surface area contributed by atoms with Gasteiger partial charge >= 0.3 is 0 Å². The number of benzene rings is 1. The molecule has 4 nitrogen and oxygen atoms in total. The van der Waals surface area contributed by atoms with Crippen molar-refractivity contribution < 1.29 is 5.11 Å². The van der Waals surface area contributed by atoms with Gasteiger partial charge in [-0.2, -0.15) is 5.10 Å². The molecule has 2 N–H and O–H groups in total. The molecule has 4 heteroatoms. The summed E-state index contributed by atoms with van der Waals surface area (Å²) >= 11 is 0. The van der Waals surface area contributed by atoms with E-state index in [1.54, 1.807) is 0 Å². The molecule has 108 valence electrons. The van der Waals surface area contributed by atoms with Gasteiger partial charge in [0.15, 0.2) is 0 Å². The van der Waals surface area contributed by atoms with Crippen LogP contribution in [0.5, 0.6) is 0 Å². The van der Waals surface area contributed by atoms with Gasteiger partial charge in [-0.05, 0) is 44.9 Å². The van der Waals surface area contributed by atoms with Crippen LogP contribution < -0.4 is 5.32 Å². The minimum Gasteiger partial charge on any atom is -0.396 e. The van der Waals surface area contributed by atoms with Crippen LogP contribution in [-0.2, 0) is 0 Å². The van der Waals surface area contributed by atoms with Gasteiger partial charge in [-0.1, -0.05) is 18.2 Å². The van der Waals surface area contributed by atoms with Crippen LogP contribution in [0, 0.1) is 0 Å². The van der Waals surface area contributed by atoms with E-state index in [4.69, 9.17) is 5.11 Å². The first-order valence-corrected chi connectivity index (χ1v) is 7.25. The second-order valence-corrected chi connectivity index (χ2v) is 5.01. The van der Waals surface area contributed by atoms with Gasteiger partial charge in [-0.3, -0.25) is 0 Å². The van der Waals surface area contributed by atoms with Crippen LogP contribution in [0.4, 0.5) is 0 Å². The Morgan fingerprint density at radius 3 is 2.75 bits per heavy atom. The number of rotatable bonds is 8. The number of para-hydroxylation sites is 1. The van der Waals surface area contributed by atoms with E-state index in [9.17, 15) is 0 Å². The van der Waals surface area contributed by atoms with Gasteiger partial charge < -0.3 is 10.4 Å². The number of nitrogens with one attached hydrogen (secondary N) is 1. The third-order valence-electron chi connectivity index (χ3n) is 3.41. The average molecular weight is 273 g/mol. The molecule has 0 aliphatic rings. The summed E-state index contributed by atoms with van der Waals surface area (Å²) in [5, 5.41) is 16.6. The fourth-order valence-corrected chi connectivity index (χ4v) is 2.13. The Morgan fingerprint density at radius 2 is 2.00 bits per heavy atom. The molecule has 0 radical (unpaired) electrons. The van der Waals surface area contributed by atoms with Crippen molar-refractivity contribution in [3.8, 4) is 5.69 Å². The Balaban J connectivity index is 1.85. The Kier molecular flexibility index (Phi) is 5.77. The van der Waals surface area contributed by atoms with E-state index in [0.717, 1.165) is 31.5 Å². The zero-order valence-corrected chi connectivity index (χ0v) is 12.0. The lowest BCUT2D eigenvalue weighted by Crippen LogP contribution is -2.19. The summed E-state index contributed by atoms with van der Waals surface area (Å²) in [5.41, 5.74) is 2.27. The highest BCUT2D eigenvalue weighted by molar-refractivity contribution is 5.31. The Bertz CT molecular complexity index is 495. The summed E-state index contributed by atoms with van der Waals surface area (Å²) in [7, 11) is 0. The summed E-state index contributed by atoms with van der Waals surface area (Å²) in [6, 6.07) is 10.4. The Hall–Kier alpha value is -1.65. The first-order chi connectivity index (χ1) is 9.81. The van der Waals surface area contributed by atoms with E-state index >= 15 is 0 Å². The molecule has 0 saturated carbocycles. The van der Waals surface area contributed by atoms with Crippen molar-refractivity contribution in [1.29, 1.82) is 0 Å². The fourth-order valence-electron chi connectivity index (χ4n) is 2.13. The number of nitrogens with zero attached hydrogens (tertiary/aromatic N) is 2. The Morgan fingerprint density at radius 1 is 1.20 bits per heavy atom. The normalized spacial score (nSPS) is 12.5. The van der Waals surface area contributed by atoms with Crippen molar-refractivity contribution in [2.75, 3.05) is 13.2 Å².